The lowest BCUT2D eigenvalue weighted by Gasteiger charge is -2.16. The minimum absolute atomic E-state index is 0.640. The van der Waals surface area contributed by atoms with E-state index in [-0.39, 0.29) is 0 Å². The molecule has 1 N–H and O–H groups in total. The number of ether oxygens (including phenoxy) is 2. The molecule has 3 nitrogen and oxygen atoms in total. The van der Waals surface area contributed by atoms with Crippen molar-refractivity contribution in [2.24, 2.45) is 5.92 Å². The van der Waals surface area contributed by atoms with E-state index in [4.69, 9.17) is 9.47 Å². The zero-order valence-electron chi connectivity index (χ0n) is 13.2. The van der Waals surface area contributed by atoms with Gasteiger partial charge < -0.3 is 14.8 Å². The van der Waals surface area contributed by atoms with Gasteiger partial charge in [-0.05, 0) is 65.7 Å². The van der Waals surface area contributed by atoms with E-state index in [1.54, 1.807) is 0 Å². The summed E-state index contributed by atoms with van der Waals surface area (Å²) in [5, 5.41) is 3.53. The molecule has 1 aromatic carbocycles. The van der Waals surface area contributed by atoms with Gasteiger partial charge in [0, 0.05) is 12.6 Å². The summed E-state index contributed by atoms with van der Waals surface area (Å²) < 4.78 is 12.7. The molecule has 1 aliphatic carbocycles. The Hall–Kier alpha value is -0.740. The SMILES string of the molecule is CCOc1cc(CNC2CC2)cc(Br)c1OCCC(C)C. The lowest BCUT2D eigenvalue weighted by Crippen LogP contribution is -2.15. The fraction of sp³-hybridized carbons (Fsp3) is 0.647. The van der Waals surface area contributed by atoms with Crippen LogP contribution in [0.25, 0.3) is 0 Å². The molecule has 2 rings (SSSR count). The number of hydrogen-bond donors (Lipinski definition) is 1. The Morgan fingerprint density at radius 2 is 2.05 bits per heavy atom. The van der Waals surface area contributed by atoms with E-state index in [9.17, 15) is 0 Å². The molecule has 1 aromatic rings. The van der Waals surface area contributed by atoms with Gasteiger partial charge in [-0.2, -0.15) is 0 Å². The second-order valence-electron chi connectivity index (χ2n) is 6.02. The first-order valence-corrected chi connectivity index (χ1v) is 8.70. The highest BCUT2D eigenvalue weighted by Gasteiger charge is 2.20. The third-order valence-corrected chi connectivity index (χ3v) is 4.07. The second kappa shape index (κ2) is 8.04. The zero-order valence-corrected chi connectivity index (χ0v) is 14.8. The summed E-state index contributed by atoms with van der Waals surface area (Å²) in [6.45, 7) is 8.65. The molecule has 1 fully saturated rings. The number of halogens is 1. The van der Waals surface area contributed by atoms with Crippen molar-refractivity contribution < 1.29 is 9.47 Å². The van der Waals surface area contributed by atoms with Crippen molar-refractivity contribution in [3.8, 4) is 11.5 Å². The lowest BCUT2D eigenvalue weighted by molar-refractivity contribution is 0.259. The van der Waals surface area contributed by atoms with E-state index in [0.29, 0.717) is 18.6 Å². The molecule has 0 heterocycles. The van der Waals surface area contributed by atoms with Crippen LogP contribution in [0.1, 0.15) is 45.6 Å². The minimum Gasteiger partial charge on any atom is -0.490 e. The first-order chi connectivity index (χ1) is 10.1. The van der Waals surface area contributed by atoms with Crippen LogP contribution < -0.4 is 14.8 Å². The molecule has 1 saturated carbocycles. The van der Waals surface area contributed by atoms with Crippen LogP contribution in [0.3, 0.4) is 0 Å². The van der Waals surface area contributed by atoms with Gasteiger partial charge in [-0.1, -0.05) is 13.8 Å². The van der Waals surface area contributed by atoms with Crippen LogP contribution in [-0.2, 0) is 6.54 Å². The molecule has 0 radical (unpaired) electrons. The first-order valence-electron chi connectivity index (χ1n) is 7.91. The Morgan fingerprint density at radius 3 is 2.67 bits per heavy atom. The highest BCUT2D eigenvalue weighted by atomic mass is 79.9. The molecular weight excluding hydrogens is 330 g/mol. The highest BCUT2D eigenvalue weighted by molar-refractivity contribution is 9.10. The van der Waals surface area contributed by atoms with Gasteiger partial charge in [0.25, 0.3) is 0 Å². The number of benzene rings is 1. The monoisotopic (exact) mass is 355 g/mol. The van der Waals surface area contributed by atoms with Crippen molar-refractivity contribution in [1.82, 2.24) is 5.32 Å². The molecular formula is C17H26BrNO2. The Morgan fingerprint density at radius 1 is 1.29 bits per heavy atom. The van der Waals surface area contributed by atoms with Gasteiger partial charge in [0.15, 0.2) is 11.5 Å². The quantitative estimate of drug-likeness (QED) is 0.705. The first kappa shape index (κ1) is 16.6. The molecule has 0 unspecified atom stereocenters. The number of nitrogens with one attached hydrogen (secondary N) is 1. The molecule has 21 heavy (non-hydrogen) atoms. The van der Waals surface area contributed by atoms with Crippen molar-refractivity contribution in [1.29, 1.82) is 0 Å². The predicted octanol–water partition coefficient (Wildman–Crippen LogP) is 4.52. The Balaban J connectivity index is 2.05. The van der Waals surface area contributed by atoms with Gasteiger partial charge in [-0.3, -0.25) is 0 Å². The molecule has 0 aromatic heterocycles. The van der Waals surface area contributed by atoms with Crippen LogP contribution in [0.5, 0.6) is 11.5 Å². The van der Waals surface area contributed by atoms with Gasteiger partial charge in [0.05, 0.1) is 17.7 Å². The van der Waals surface area contributed by atoms with Crippen molar-refractivity contribution in [3.63, 3.8) is 0 Å². The van der Waals surface area contributed by atoms with E-state index in [1.807, 2.05) is 6.92 Å². The molecule has 0 spiro atoms. The maximum absolute atomic E-state index is 5.93. The summed E-state index contributed by atoms with van der Waals surface area (Å²) in [4.78, 5) is 0. The Labute approximate surface area is 136 Å². The summed E-state index contributed by atoms with van der Waals surface area (Å²) in [5.41, 5.74) is 1.23. The second-order valence-corrected chi connectivity index (χ2v) is 6.88. The molecule has 0 aliphatic heterocycles. The highest BCUT2D eigenvalue weighted by Crippen LogP contribution is 2.37. The van der Waals surface area contributed by atoms with E-state index < -0.39 is 0 Å². The lowest BCUT2D eigenvalue weighted by atomic mass is 10.1. The molecule has 0 amide bonds. The summed E-state index contributed by atoms with van der Waals surface area (Å²) in [6, 6.07) is 4.93. The summed E-state index contributed by atoms with van der Waals surface area (Å²) in [6.07, 6.45) is 3.65. The third kappa shape index (κ3) is 5.51. The van der Waals surface area contributed by atoms with Crippen LogP contribution >= 0.6 is 15.9 Å². The largest absolute Gasteiger partial charge is 0.490 e. The Kier molecular flexibility index (Phi) is 6.37. The maximum Gasteiger partial charge on any atom is 0.175 e. The van der Waals surface area contributed by atoms with Gasteiger partial charge in [-0.15, -0.1) is 0 Å². The average Bonchev–Trinajstić information content (AvgIpc) is 3.23. The van der Waals surface area contributed by atoms with Crippen LogP contribution in [-0.4, -0.2) is 19.3 Å². The molecule has 1 aliphatic rings. The van der Waals surface area contributed by atoms with Crippen LogP contribution in [0.2, 0.25) is 0 Å². The average molecular weight is 356 g/mol. The fourth-order valence-electron chi connectivity index (χ4n) is 2.07. The Bertz CT molecular complexity index is 458. The van der Waals surface area contributed by atoms with E-state index >= 15 is 0 Å². The van der Waals surface area contributed by atoms with Crippen molar-refractivity contribution in [3.05, 3.63) is 22.2 Å². The molecule has 0 atom stereocenters. The standard InChI is InChI=1S/C17H26BrNO2/c1-4-20-16-10-13(11-19-14-5-6-14)9-15(18)17(16)21-8-7-12(2)3/h9-10,12,14,19H,4-8,11H2,1-3H3. The molecule has 0 saturated heterocycles. The van der Waals surface area contributed by atoms with Gasteiger partial charge in [0.1, 0.15) is 0 Å². The molecule has 4 heteroatoms. The zero-order chi connectivity index (χ0) is 15.2. The number of rotatable bonds is 9. The maximum atomic E-state index is 5.93. The van der Waals surface area contributed by atoms with Crippen molar-refractivity contribution in [2.45, 2.75) is 52.6 Å². The van der Waals surface area contributed by atoms with Crippen LogP contribution in [0.15, 0.2) is 16.6 Å². The van der Waals surface area contributed by atoms with Crippen LogP contribution in [0.4, 0.5) is 0 Å². The summed E-state index contributed by atoms with van der Waals surface area (Å²) >= 11 is 3.63. The topological polar surface area (TPSA) is 30.5 Å². The number of hydrogen-bond acceptors (Lipinski definition) is 3. The predicted molar refractivity (Wildman–Crippen MR) is 90.1 cm³/mol. The van der Waals surface area contributed by atoms with Gasteiger partial charge in [0.2, 0.25) is 0 Å². The molecule has 0 bridgehead atoms. The van der Waals surface area contributed by atoms with Crippen molar-refractivity contribution in [2.75, 3.05) is 13.2 Å². The minimum atomic E-state index is 0.640. The van der Waals surface area contributed by atoms with E-state index in [0.717, 1.165) is 35.5 Å². The normalized spacial score (nSPS) is 14.5. The van der Waals surface area contributed by atoms with Crippen LogP contribution in [0, 0.1) is 5.92 Å². The fourth-order valence-corrected chi connectivity index (χ4v) is 2.68. The van der Waals surface area contributed by atoms with Crippen molar-refractivity contribution >= 4 is 15.9 Å². The van der Waals surface area contributed by atoms with E-state index in [2.05, 4.69) is 47.2 Å². The smallest absolute Gasteiger partial charge is 0.175 e. The van der Waals surface area contributed by atoms with Gasteiger partial charge in [-0.25, -0.2) is 0 Å². The van der Waals surface area contributed by atoms with E-state index in [1.165, 1.54) is 18.4 Å². The van der Waals surface area contributed by atoms with Gasteiger partial charge >= 0.3 is 0 Å². The summed E-state index contributed by atoms with van der Waals surface area (Å²) in [7, 11) is 0. The molecule has 118 valence electrons. The summed E-state index contributed by atoms with van der Waals surface area (Å²) in [5.74, 6) is 2.30. The third-order valence-electron chi connectivity index (χ3n) is 3.48.